The monoisotopic (exact) mass is 373 g/mol. The first-order valence-electron chi connectivity index (χ1n) is 8.07. The highest BCUT2D eigenvalue weighted by Crippen LogP contribution is 2.50. The maximum absolute atomic E-state index is 13.1. The Hall–Kier alpha value is -0.370. The van der Waals surface area contributed by atoms with Crippen LogP contribution in [0, 0.1) is 0 Å². The number of thioether (sulfide) groups is 2. The van der Waals surface area contributed by atoms with Crippen molar-refractivity contribution in [1.29, 1.82) is 0 Å². The van der Waals surface area contributed by atoms with E-state index in [1.54, 1.807) is 22.5 Å². The smallest absolute Gasteiger partial charge is 0.246 e. The van der Waals surface area contributed by atoms with Gasteiger partial charge >= 0.3 is 0 Å². The molecule has 2 fully saturated rings. The van der Waals surface area contributed by atoms with Gasteiger partial charge in [0.2, 0.25) is 10.0 Å². The van der Waals surface area contributed by atoms with Gasteiger partial charge in [0, 0.05) is 24.6 Å². The molecule has 0 aromatic heterocycles. The second kappa shape index (κ2) is 7.25. The van der Waals surface area contributed by atoms with Crippen LogP contribution in [-0.2, 0) is 10.0 Å². The topological polar surface area (TPSA) is 46.6 Å². The maximum atomic E-state index is 13.1. The summed E-state index contributed by atoms with van der Waals surface area (Å²) < 4.78 is 33.6. The highest BCUT2D eigenvalue weighted by molar-refractivity contribution is 8.21. The molecule has 3 rings (SSSR count). The molecule has 0 unspecified atom stereocenters. The fourth-order valence-electron chi connectivity index (χ4n) is 3.16. The van der Waals surface area contributed by atoms with E-state index in [-0.39, 0.29) is 4.08 Å². The van der Waals surface area contributed by atoms with Gasteiger partial charge in [-0.1, -0.05) is 12.1 Å². The number of nitrogens with zero attached hydrogens (tertiary/aromatic N) is 1. The van der Waals surface area contributed by atoms with Crippen molar-refractivity contribution < 1.29 is 13.2 Å². The molecule has 0 bridgehead atoms. The van der Waals surface area contributed by atoms with Gasteiger partial charge in [0.25, 0.3) is 0 Å². The van der Waals surface area contributed by atoms with Gasteiger partial charge in [-0.15, -0.1) is 23.5 Å². The van der Waals surface area contributed by atoms with Gasteiger partial charge in [0.05, 0.1) is 10.7 Å². The van der Waals surface area contributed by atoms with Crippen LogP contribution in [0.25, 0.3) is 0 Å². The van der Waals surface area contributed by atoms with E-state index in [9.17, 15) is 8.42 Å². The second-order valence-electron chi connectivity index (χ2n) is 5.74. The lowest BCUT2D eigenvalue weighted by Gasteiger charge is -2.25. The Labute approximate surface area is 147 Å². The van der Waals surface area contributed by atoms with Crippen LogP contribution in [0.2, 0.25) is 0 Å². The fraction of sp³-hybridized carbons (Fsp3) is 0.625. The first-order chi connectivity index (χ1) is 11.1. The molecule has 2 aliphatic rings. The summed E-state index contributed by atoms with van der Waals surface area (Å²) in [5.74, 6) is 2.83. The van der Waals surface area contributed by atoms with E-state index < -0.39 is 10.0 Å². The van der Waals surface area contributed by atoms with Crippen molar-refractivity contribution in [1.82, 2.24) is 4.31 Å². The van der Waals surface area contributed by atoms with E-state index in [1.165, 1.54) is 11.5 Å². The number of benzene rings is 1. The average Bonchev–Trinajstić information content (AvgIpc) is 2.88. The number of hydrogen-bond donors (Lipinski definition) is 0. The normalized spacial score (nSPS) is 22.1. The largest absolute Gasteiger partial charge is 0.492 e. The molecule has 2 aliphatic heterocycles. The van der Waals surface area contributed by atoms with Crippen LogP contribution in [0.5, 0.6) is 5.75 Å². The average molecular weight is 374 g/mol. The molecule has 1 spiro atoms. The first kappa shape index (κ1) is 17.5. The van der Waals surface area contributed by atoms with Crippen molar-refractivity contribution in [2.24, 2.45) is 0 Å². The van der Waals surface area contributed by atoms with E-state index >= 15 is 0 Å². The lowest BCUT2D eigenvalue weighted by molar-refractivity contribution is 0.328. The Kier molecular flexibility index (Phi) is 5.50. The minimum atomic E-state index is -3.49. The number of rotatable bonds is 4. The highest BCUT2D eigenvalue weighted by Gasteiger charge is 2.39. The molecule has 7 heteroatoms. The van der Waals surface area contributed by atoms with Crippen molar-refractivity contribution in [2.45, 2.75) is 35.2 Å². The third kappa shape index (κ3) is 3.67. The van der Waals surface area contributed by atoms with Crippen molar-refractivity contribution in [2.75, 3.05) is 31.2 Å². The summed E-state index contributed by atoms with van der Waals surface area (Å²) in [6.45, 7) is 3.53. The Morgan fingerprint density at radius 1 is 1.17 bits per heavy atom. The summed E-state index contributed by atoms with van der Waals surface area (Å²) in [5, 5.41) is 0. The standard InChI is InChI=1S/C16H23NO3S3/c1-2-20-14-6-3-4-7-15(14)23(18,19)17-10-5-8-16(9-11-17)21-12-13-22-16/h3-4,6-7H,2,5,8-13H2,1H3. The second-order valence-corrected chi connectivity index (χ2v) is 10.9. The molecule has 1 aromatic carbocycles. The summed E-state index contributed by atoms with van der Waals surface area (Å²) in [7, 11) is -3.49. The van der Waals surface area contributed by atoms with E-state index in [0.717, 1.165) is 19.3 Å². The Balaban J connectivity index is 1.82. The van der Waals surface area contributed by atoms with Crippen LogP contribution in [-0.4, -0.2) is 48.0 Å². The molecule has 0 atom stereocenters. The van der Waals surface area contributed by atoms with E-state index in [0.29, 0.717) is 30.3 Å². The molecule has 23 heavy (non-hydrogen) atoms. The minimum absolute atomic E-state index is 0.240. The van der Waals surface area contributed by atoms with E-state index in [4.69, 9.17) is 4.74 Å². The summed E-state index contributed by atoms with van der Waals surface area (Å²) in [5.41, 5.74) is 0. The summed E-state index contributed by atoms with van der Waals surface area (Å²) in [6.07, 6.45) is 2.95. The van der Waals surface area contributed by atoms with Gasteiger partial charge in [0.1, 0.15) is 10.6 Å². The number of ether oxygens (including phenoxy) is 1. The number of para-hydroxylation sites is 1. The summed E-state index contributed by atoms with van der Waals surface area (Å²) in [4.78, 5) is 0.296. The molecule has 0 radical (unpaired) electrons. The molecule has 0 amide bonds. The zero-order chi connectivity index (χ0) is 16.3. The maximum Gasteiger partial charge on any atom is 0.246 e. The molecule has 4 nitrogen and oxygen atoms in total. The predicted octanol–water partition coefficient (Wildman–Crippen LogP) is 3.44. The number of sulfonamides is 1. The summed E-state index contributed by atoms with van der Waals surface area (Å²) in [6, 6.07) is 6.96. The van der Waals surface area contributed by atoms with Crippen LogP contribution in [0.3, 0.4) is 0 Å². The lowest BCUT2D eigenvalue weighted by Crippen LogP contribution is -2.33. The van der Waals surface area contributed by atoms with Crippen LogP contribution < -0.4 is 4.74 Å². The minimum Gasteiger partial charge on any atom is -0.492 e. The predicted molar refractivity (Wildman–Crippen MR) is 97.9 cm³/mol. The molecule has 0 aliphatic carbocycles. The molecular weight excluding hydrogens is 350 g/mol. The zero-order valence-electron chi connectivity index (χ0n) is 13.4. The van der Waals surface area contributed by atoms with Gasteiger partial charge in [-0.25, -0.2) is 8.42 Å². The third-order valence-electron chi connectivity index (χ3n) is 4.29. The number of hydrogen-bond acceptors (Lipinski definition) is 5. The fourth-order valence-corrected chi connectivity index (χ4v) is 8.06. The first-order valence-corrected chi connectivity index (χ1v) is 11.5. The molecule has 1 aromatic rings. The van der Waals surface area contributed by atoms with E-state index in [1.807, 2.05) is 36.5 Å². The van der Waals surface area contributed by atoms with Crippen molar-refractivity contribution in [3.05, 3.63) is 24.3 Å². The summed E-state index contributed by atoms with van der Waals surface area (Å²) >= 11 is 4.03. The van der Waals surface area contributed by atoms with Crippen molar-refractivity contribution >= 4 is 33.5 Å². The zero-order valence-corrected chi connectivity index (χ0v) is 15.8. The van der Waals surface area contributed by atoms with E-state index in [2.05, 4.69) is 0 Å². The highest BCUT2D eigenvalue weighted by atomic mass is 32.2. The van der Waals surface area contributed by atoms with Crippen LogP contribution in [0.1, 0.15) is 26.2 Å². The third-order valence-corrected chi connectivity index (χ3v) is 9.88. The van der Waals surface area contributed by atoms with Gasteiger partial charge in [-0.05, 0) is 38.3 Å². The van der Waals surface area contributed by atoms with Crippen LogP contribution in [0.4, 0.5) is 0 Å². The SMILES string of the molecule is CCOc1ccccc1S(=O)(=O)N1CCCC2(CC1)SCCS2. The Morgan fingerprint density at radius 2 is 1.91 bits per heavy atom. The van der Waals surface area contributed by atoms with Crippen molar-refractivity contribution in [3.8, 4) is 5.75 Å². The molecule has 128 valence electrons. The molecule has 0 saturated carbocycles. The van der Waals surface area contributed by atoms with Gasteiger partial charge in [0.15, 0.2) is 0 Å². The Morgan fingerprint density at radius 3 is 2.65 bits per heavy atom. The van der Waals surface area contributed by atoms with Crippen molar-refractivity contribution in [3.63, 3.8) is 0 Å². The van der Waals surface area contributed by atoms with Gasteiger partial charge in [-0.2, -0.15) is 4.31 Å². The molecule has 2 saturated heterocycles. The molecule has 0 N–H and O–H groups in total. The lowest BCUT2D eigenvalue weighted by atomic mass is 10.2. The molecule has 2 heterocycles. The quantitative estimate of drug-likeness (QED) is 0.809. The van der Waals surface area contributed by atoms with Gasteiger partial charge in [-0.3, -0.25) is 0 Å². The van der Waals surface area contributed by atoms with Crippen LogP contribution >= 0.6 is 23.5 Å². The molecular formula is C16H23NO3S3. The van der Waals surface area contributed by atoms with Crippen LogP contribution in [0.15, 0.2) is 29.2 Å². The van der Waals surface area contributed by atoms with Gasteiger partial charge < -0.3 is 4.74 Å². The Bertz CT molecular complexity index is 642.